The molecule has 4 unspecified atom stereocenters. The maximum Gasteiger partial charge on any atom is 0.303 e. The number of esters is 3. The average Bonchev–Trinajstić information content (AvgIpc) is 3.39. The van der Waals surface area contributed by atoms with Gasteiger partial charge < -0.3 is 24.3 Å². The molecule has 0 radical (unpaired) electrons. The predicted octanol–water partition coefficient (Wildman–Crippen LogP) is 1.77. The molecule has 1 N–H and O–H groups in total. The second kappa shape index (κ2) is 10.9. The molecule has 13 heteroatoms. The second-order valence-corrected chi connectivity index (χ2v) is 8.83. The number of carbonyl (C=O) groups excluding carboxylic acids is 3. The van der Waals surface area contributed by atoms with E-state index in [2.05, 4.69) is 20.3 Å². The number of nitrogens with one attached hydrogen (secondary N) is 1. The first-order valence-electron chi connectivity index (χ1n) is 11.8. The number of hydrogen-bond acceptors (Lipinski definition) is 12. The number of hydrogen-bond donors (Lipinski definition) is 1. The molecule has 0 spiro atoms. The van der Waals surface area contributed by atoms with Gasteiger partial charge in [0.25, 0.3) is 0 Å². The minimum atomic E-state index is -1.10. The molecule has 1 saturated heterocycles. The van der Waals surface area contributed by atoms with E-state index < -0.39 is 42.4 Å². The molecule has 0 amide bonds. The summed E-state index contributed by atoms with van der Waals surface area (Å²) in [6.45, 7) is 3.43. The second-order valence-electron chi connectivity index (χ2n) is 8.83. The van der Waals surface area contributed by atoms with Crippen LogP contribution in [0, 0.1) is 11.3 Å². The van der Waals surface area contributed by atoms with E-state index >= 15 is 0 Å². The topological polar surface area (TPSA) is 168 Å². The summed E-state index contributed by atoms with van der Waals surface area (Å²) in [4.78, 5) is 48.3. The summed E-state index contributed by atoms with van der Waals surface area (Å²) in [5.41, 5.74) is 0.689. The quantitative estimate of drug-likeness (QED) is 0.433. The lowest BCUT2D eigenvalue weighted by atomic mass is 9.95. The van der Waals surface area contributed by atoms with Crippen LogP contribution in [0.2, 0.25) is 0 Å². The zero-order chi connectivity index (χ0) is 25.8. The third-order valence-electron chi connectivity index (χ3n) is 6.08. The van der Waals surface area contributed by atoms with Crippen molar-refractivity contribution in [3.05, 3.63) is 12.2 Å². The van der Waals surface area contributed by atoms with Gasteiger partial charge in [-0.15, -0.1) is 0 Å². The van der Waals surface area contributed by atoms with Crippen LogP contribution in [-0.2, 0) is 33.3 Å². The van der Waals surface area contributed by atoms with Gasteiger partial charge in [0.05, 0.1) is 6.33 Å². The summed E-state index contributed by atoms with van der Waals surface area (Å²) < 4.78 is 23.6. The predicted molar refractivity (Wildman–Crippen MR) is 122 cm³/mol. The minimum Gasteiger partial charge on any atom is -0.463 e. The molecule has 2 aromatic heterocycles. The van der Waals surface area contributed by atoms with E-state index in [-0.39, 0.29) is 24.1 Å². The summed E-state index contributed by atoms with van der Waals surface area (Å²) in [7, 11) is 0. The molecule has 4 rings (SSSR count). The molecule has 1 aliphatic carbocycles. The van der Waals surface area contributed by atoms with E-state index in [1.807, 2.05) is 6.07 Å². The number of imidazole rings is 1. The maximum atomic E-state index is 12.0. The number of aromatic nitrogens is 4. The van der Waals surface area contributed by atoms with Crippen molar-refractivity contribution in [2.24, 2.45) is 0 Å². The Morgan fingerprint density at radius 3 is 2.42 bits per heavy atom. The largest absolute Gasteiger partial charge is 0.463 e. The number of rotatable bonds is 7. The highest BCUT2D eigenvalue weighted by molar-refractivity contribution is 5.83. The smallest absolute Gasteiger partial charge is 0.303 e. The SMILES string of the molecule is CC(=O)OCC1OC(n2cnc3c(NC4CCCCC4)nc(C#N)nc32)C(OC(C)=O)C1OC(C)=O. The van der Waals surface area contributed by atoms with Crippen LogP contribution >= 0.6 is 0 Å². The van der Waals surface area contributed by atoms with Gasteiger partial charge in [0, 0.05) is 26.8 Å². The van der Waals surface area contributed by atoms with Crippen molar-refractivity contribution in [3.8, 4) is 6.07 Å². The van der Waals surface area contributed by atoms with Gasteiger partial charge in [-0.1, -0.05) is 19.3 Å². The van der Waals surface area contributed by atoms with Gasteiger partial charge in [0.15, 0.2) is 35.4 Å². The van der Waals surface area contributed by atoms with Crippen LogP contribution in [0.25, 0.3) is 11.2 Å². The van der Waals surface area contributed by atoms with Gasteiger partial charge in [-0.3, -0.25) is 19.0 Å². The van der Waals surface area contributed by atoms with Crippen LogP contribution in [0.5, 0.6) is 0 Å². The molecule has 192 valence electrons. The molecule has 1 saturated carbocycles. The van der Waals surface area contributed by atoms with E-state index in [9.17, 15) is 19.6 Å². The fourth-order valence-electron chi connectivity index (χ4n) is 4.61. The fraction of sp³-hybridized carbons (Fsp3) is 0.609. The fourth-order valence-corrected chi connectivity index (χ4v) is 4.61. The molecule has 3 heterocycles. The maximum absolute atomic E-state index is 12.0. The highest BCUT2D eigenvalue weighted by Crippen LogP contribution is 2.37. The van der Waals surface area contributed by atoms with E-state index in [0.717, 1.165) is 25.7 Å². The van der Waals surface area contributed by atoms with Gasteiger partial charge in [0.2, 0.25) is 5.82 Å². The summed E-state index contributed by atoms with van der Waals surface area (Å²) in [6.07, 6.45) is 2.67. The Morgan fingerprint density at radius 2 is 1.78 bits per heavy atom. The molecule has 0 bridgehead atoms. The third-order valence-corrected chi connectivity index (χ3v) is 6.08. The number of anilines is 1. The van der Waals surface area contributed by atoms with Gasteiger partial charge in [-0.25, -0.2) is 4.98 Å². The Hall–Kier alpha value is -3.79. The van der Waals surface area contributed by atoms with Crippen LogP contribution in [0.4, 0.5) is 5.82 Å². The summed E-state index contributed by atoms with van der Waals surface area (Å²) in [5, 5.41) is 12.9. The first-order valence-corrected chi connectivity index (χ1v) is 11.8. The summed E-state index contributed by atoms with van der Waals surface area (Å²) >= 11 is 0. The lowest BCUT2D eigenvalue weighted by Gasteiger charge is -2.24. The summed E-state index contributed by atoms with van der Waals surface area (Å²) in [5.74, 6) is -1.45. The van der Waals surface area contributed by atoms with Crippen molar-refractivity contribution in [2.75, 3.05) is 11.9 Å². The molecule has 2 aromatic rings. The van der Waals surface area contributed by atoms with Gasteiger partial charge in [-0.2, -0.15) is 15.2 Å². The molecule has 13 nitrogen and oxygen atoms in total. The van der Waals surface area contributed by atoms with Crippen LogP contribution in [0.1, 0.15) is 64.9 Å². The number of fused-ring (bicyclic) bond motifs is 1. The van der Waals surface area contributed by atoms with Crippen LogP contribution in [-0.4, -0.2) is 68.4 Å². The standard InChI is InChI=1S/C23H28N6O7/c1-12(30)33-10-16-19(34-13(2)31)20(35-14(3)32)23(36-16)29-11-25-18-21(26-15-7-5-4-6-8-15)27-17(9-24)28-22(18)29/h11,15-16,19-20,23H,4-8,10H2,1-3H3,(H,26,27,28). The Balaban J connectivity index is 1.74. The number of carbonyl (C=O) groups is 3. The normalized spacial score (nSPS) is 24.2. The minimum absolute atomic E-state index is 0.0717. The molecular weight excluding hydrogens is 472 g/mol. The number of ether oxygens (including phenoxy) is 4. The Bertz CT molecular complexity index is 1190. The van der Waals surface area contributed by atoms with Crippen LogP contribution < -0.4 is 5.32 Å². The molecule has 36 heavy (non-hydrogen) atoms. The van der Waals surface area contributed by atoms with Crippen molar-refractivity contribution in [3.63, 3.8) is 0 Å². The van der Waals surface area contributed by atoms with Crippen molar-refractivity contribution in [1.82, 2.24) is 19.5 Å². The van der Waals surface area contributed by atoms with Crippen molar-refractivity contribution >= 4 is 34.9 Å². The monoisotopic (exact) mass is 500 g/mol. The lowest BCUT2D eigenvalue weighted by molar-refractivity contribution is -0.166. The van der Waals surface area contributed by atoms with E-state index in [1.165, 1.54) is 38.1 Å². The zero-order valence-corrected chi connectivity index (χ0v) is 20.3. The first kappa shape index (κ1) is 25.3. The third kappa shape index (κ3) is 5.54. The van der Waals surface area contributed by atoms with Crippen molar-refractivity contribution < 1.29 is 33.3 Å². The molecule has 0 aromatic carbocycles. The van der Waals surface area contributed by atoms with Crippen molar-refractivity contribution in [1.29, 1.82) is 5.26 Å². The molecule has 4 atom stereocenters. The van der Waals surface area contributed by atoms with Crippen molar-refractivity contribution in [2.45, 2.75) is 83.5 Å². The molecule has 1 aliphatic heterocycles. The van der Waals surface area contributed by atoms with Crippen LogP contribution in [0.15, 0.2) is 6.33 Å². The lowest BCUT2D eigenvalue weighted by Crippen LogP contribution is -2.40. The number of nitriles is 1. The van der Waals surface area contributed by atoms with E-state index in [4.69, 9.17) is 18.9 Å². The van der Waals surface area contributed by atoms with E-state index in [1.54, 1.807) is 0 Å². The molecule has 2 aliphatic rings. The highest BCUT2D eigenvalue weighted by atomic mass is 16.7. The van der Waals surface area contributed by atoms with Gasteiger partial charge in [-0.05, 0) is 12.8 Å². The number of nitrogens with zero attached hydrogens (tertiary/aromatic N) is 5. The molecular formula is C23H28N6O7. The highest BCUT2D eigenvalue weighted by Gasteiger charge is 2.51. The van der Waals surface area contributed by atoms with Gasteiger partial charge in [0.1, 0.15) is 18.8 Å². The van der Waals surface area contributed by atoms with Crippen LogP contribution in [0.3, 0.4) is 0 Å². The average molecular weight is 501 g/mol. The first-order chi connectivity index (χ1) is 17.3. The van der Waals surface area contributed by atoms with E-state index in [0.29, 0.717) is 11.3 Å². The molecule has 2 fully saturated rings. The Morgan fingerprint density at radius 1 is 1.08 bits per heavy atom. The zero-order valence-electron chi connectivity index (χ0n) is 20.3. The summed E-state index contributed by atoms with van der Waals surface area (Å²) in [6, 6.07) is 2.17. The Labute approximate surface area is 207 Å². The Kier molecular flexibility index (Phi) is 7.64. The van der Waals surface area contributed by atoms with Gasteiger partial charge >= 0.3 is 17.9 Å².